The highest BCUT2D eigenvalue weighted by Crippen LogP contribution is 2.34. The van der Waals surface area contributed by atoms with Crippen molar-refractivity contribution in [2.75, 3.05) is 26.7 Å². The van der Waals surface area contributed by atoms with E-state index in [9.17, 15) is 13.2 Å². The fraction of sp³-hybridized carbons (Fsp3) is 1.00. The van der Waals surface area contributed by atoms with Crippen molar-refractivity contribution in [2.24, 2.45) is 0 Å². The first-order chi connectivity index (χ1) is 5.47. The normalized spacial score (nSPS) is 37.0. The number of likely N-dealkylation sites (N-methyl/N-ethyl adjacent to an activating group) is 1. The molecule has 2 rings (SSSR count). The van der Waals surface area contributed by atoms with Crippen molar-refractivity contribution < 1.29 is 13.2 Å². The van der Waals surface area contributed by atoms with Crippen molar-refractivity contribution in [3.8, 4) is 0 Å². The number of rotatable bonds is 1. The van der Waals surface area contributed by atoms with Crippen LogP contribution in [-0.4, -0.2) is 54.7 Å². The Morgan fingerprint density at radius 3 is 2.25 bits per heavy atom. The van der Waals surface area contributed by atoms with Crippen molar-refractivity contribution in [2.45, 2.75) is 18.3 Å². The van der Waals surface area contributed by atoms with E-state index in [0.717, 1.165) is 6.54 Å². The van der Waals surface area contributed by atoms with Crippen LogP contribution < -0.4 is 0 Å². The lowest BCUT2D eigenvalue weighted by Gasteiger charge is -2.61. The van der Waals surface area contributed by atoms with Crippen LogP contribution in [0.4, 0.5) is 13.2 Å². The Labute approximate surface area is 68.9 Å². The largest absolute Gasteiger partial charge is 0.401 e. The lowest BCUT2D eigenvalue weighted by atomic mass is 9.86. The first-order valence-electron chi connectivity index (χ1n) is 3.98. The first kappa shape index (κ1) is 8.31. The lowest BCUT2D eigenvalue weighted by molar-refractivity contribution is -0.196. The maximum Gasteiger partial charge on any atom is 0.401 e. The molecular weight excluding hydrogens is 169 g/mol. The van der Waals surface area contributed by atoms with Gasteiger partial charge in [-0.05, 0) is 7.05 Å². The molecule has 2 saturated heterocycles. The van der Waals surface area contributed by atoms with Crippen LogP contribution in [0.1, 0.15) is 0 Å². The highest BCUT2D eigenvalue weighted by atomic mass is 19.4. The number of nitrogens with zero attached hydrogens (tertiary/aromatic N) is 2. The van der Waals surface area contributed by atoms with E-state index in [-0.39, 0.29) is 6.04 Å². The summed E-state index contributed by atoms with van der Waals surface area (Å²) in [5, 5.41) is 0. The molecule has 0 amide bonds. The van der Waals surface area contributed by atoms with Gasteiger partial charge in [0, 0.05) is 25.2 Å². The van der Waals surface area contributed by atoms with Gasteiger partial charge in [0.15, 0.2) is 0 Å². The number of halogens is 3. The molecule has 5 heteroatoms. The second kappa shape index (κ2) is 2.35. The third kappa shape index (κ3) is 1.21. The first-order valence-corrected chi connectivity index (χ1v) is 3.98. The minimum atomic E-state index is -4.03. The Morgan fingerprint density at radius 1 is 1.25 bits per heavy atom. The van der Waals surface area contributed by atoms with Crippen LogP contribution in [0.25, 0.3) is 0 Å². The zero-order chi connectivity index (χ0) is 8.93. The molecule has 0 aromatic heterocycles. The van der Waals surface area contributed by atoms with Gasteiger partial charge in [-0.2, -0.15) is 13.2 Å². The van der Waals surface area contributed by atoms with Crippen LogP contribution in [0.5, 0.6) is 0 Å². The van der Waals surface area contributed by atoms with Crippen molar-refractivity contribution in [1.29, 1.82) is 0 Å². The van der Waals surface area contributed by atoms with Gasteiger partial charge in [-0.25, -0.2) is 0 Å². The van der Waals surface area contributed by atoms with Gasteiger partial charge >= 0.3 is 6.18 Å². The summed E-state index contributed by atoms with van der Waals surface area (Å²) in [6, 6.07) is 0.573. The molecule has 2 aliphatic rings. The molecule has 0 spiro atoms. The zero-order valence-corrected chi connectivity index (χ0v) is 6.80. The molecule has 0 aromatic carbocycles. The summed E-state index contributed by atoms with van der Waals surface area (Å²) in [5.74, 6) is 0. The molecule has 0 bridgehead atoms. The predicted octanol–water partition coefficient (Wildman–Crippen LogP) is 0.547. The van der Waals surface area contributed by atoms with E-state index < -0.39 is 12.7 Å². The molecule has 12 heavy (non-hydrogen) atoms. The Hall–Kier alpha value is -0.290. The van der Waals surface area contributed by atoms with E-state index in [0.29, 0.717) is 12.6 Å². The molecule has 0 aliphatic carbocycles. The van der Waals surface area contributed by atoms with Crippen molar-refractivity contribution in [3.63, 3.8) is 0 Å². The van der Waals surface area contributed by atoms with E-state index in [1.165, 1.54) is 4.90 Å². The molecule has 2 fully saturated rings. The van der Waals surface area contributed by atoms with E-state index >= 15 is 0 Å². The van der Waals surface area contributed by atoms with Gasteiger partial charge in [0.2, 0.25) is 0 Å². The molecule has 2 nitrogen and oxygen atoms in total. The number of fused-ring (bicyclic) bond motifs is 1. The molecule has 2 atom stereocenters. The van der Waals surface area contributed by atoms with E-state index in [2.05, 4.69) is 4.90 Å². The predicted molar refractivity (Wildman–Crippen MR) is 37.8 cm³/mol. The van der Waals surface area contributed by atoms with Crippen LogP contribution in [-0.2, 0) is 0 Å². The Bertz CT molecular complexity index is 192. The van der Waals surface area contributed by atoms with Gasteiger partial charge in [-0.1, -0.05) is 0 Å². The van der Waals surface area contributed by atoms with Crippen molar-refractivity contribution >= 4 is 0 Å². The van der Waals surface area contributed by atoms with Crippen LogP contribution in [0, 0.1) is 0 Å². The molecule has 0 aromatic rings. The van der Waals surface area contributed by atoms with Crippen LogP contribution in [0.3, 0.4) is 0 Å². The Morgan fingerprint density at radius 2 is 1.92 bits per heavy atom. The smallest absolute Gasteiger partial charge is 0.299 e. The maximum absolute atomic E-state index is 11.9. The van der Waals surface area contributed by atoms with Gasteiger partial charge in [-0.15, -0.1) is 0 Å². The van der Waals surface area contributed by atoms with Crippen LogP contribution in [0.15, 0.2) is 0 Å². The molecule has 0 saturated carbocycles. The summed E-state index contributed by atoms with van der Waals surface area (Å²) < 4.78 is 35.7. The fourth-order valence-corrected chi connectivity index (χ4v) is 1.98. The van der Waals surface area contributed by atoms with Crippen molar-refractivity contribution in [3.05, 3.63) is 0 Å². The molecule has 70 valence electrons. The third-order valence-corrected chi connectivity index (χ3v) is 2.76. The Kier molecular flexibility index (Phi) is 1.63. The van der Waals surface area contributed by atoms with Crippen LogP contribution >= 0.6 is 0 Å². The maximum atomic E-state index is 11.9. The highest BCUT2D eigenvalue weighted by Gasteiger charge is 2.52. The van der Waals surface area contributed by atoms with Gasteiger partial charge in [0.05, 0.1) is 6.54 Å². The Balaban J connectivity index is 1.80. The van der Waals surface area contributed by atoms with Crippen LogP contribution in [0.2, 0.25) is 0 Å². The quantitative estimate of drug-likeness (QED) is 0.581. The number of likely N-dealkylation sites (tertiary alicyclic amines) is 2. The van der Waals surface area contributed by atoms with Crippen molar-refractivity contribution in [1.82, 2.24) is 9.80 Å². The summed E-state index contributed by atoms with van der Waals surface area (Å²) in [4.78, 5) is 3.60. The summed E-state index contributed by atoms with van der Waals surface area (Å²) in [6.07, 6.45) is -4.03. The average Bonchev–Trinajstić information content (AvgIpc) is 1.90. The SMILES string of the molecule is CN1C[C@@H]2C1CN2CC(F)(F)F. The fourth-order valence-electron chi connectivity index (χ4n) is 1.98. The summed E-state index contributed by atoms with van der Waals surface area (Å²) in [6.45, 7) is 0.642. The average molecular weight is 180 g/mol. The van der Waals surface area contributed by atoms with Gasteiger partial charge in [0.1, 0.15) is 0 Å². The molecule has 2 aliphatic heterocycles. The second-order valence-corrected chi connectivity index (χ2v) is 3.62. The van der Waals surface area contributed by atoms with E-state index in [1.54, 1.807) is 0 Å². The molecular formula is C7H11F3N2. The lowest BCUT2D eigenvalue weighted by Crippen LogP contribution is -2.78. The topological polar surface area (TPSA) is 6.48 Å². The van der Waals surface area contributed by atoms with E-state index in [1.807, 2.05) is 7.05 Å². The molecule has 2 heterocycles. The summed E-state index contributed by atoms with van der Waals surface area (Å²) in [7, 11) is 1.95. The monoisotopic (exact) mass is 180 g/mol. The van der Waals surface area contributed by atoms with Gasteiger partial charge in [-0.3, -0.25) is 9.80 Å². The van der Waals surface area contributed by atoms with E-state index in [4.69, 9.17) is 0 Å². The second-order valence-electron chi connectivity index (χ2n) is 3.62. The molecule has 1 unspecified atom stereocenters. The highest BCUT2D eigenvalue weighted by molar-refractivity contribution is 5.07. The standard InChI is InChI=1S/C7H11F3N2/c1-11-2-6-5(11)3-12(6)4-7(8,9)10/h5-6H,2-4H2,1H3/t5?,6-/m1/s1. The summed E-state index contributed by atoms with van der Waals surface area (Å²) >= 11 is 0. The van der Waals surface area contributed by atoms with Gasteiger partial charge in [0.25, 0.3) is 0 Å². The number of hydrogen-bond donors (Lipinski definition) is 0. The van der Waals surface area contributed by atoms with Gasteiger partial charge < -0.3 is 0 Å². The number of hydrogen-bond acceptors (Lipinski definition) is 2. The minimum absolute atomic E-state index is 0.177. The third-order valence-electron chi connectivity index (χ3n) is 2.76. The summed E-state index contributed by atoms with van der Waals surface area (Å²) in [5.41, 5.74) is 0. The zero-order valence-electron chi connectivity index (χ0n) is 6.80. The number of piperazine rings is 1. The number of alkyl halides is 3. The molecule has 0 radical (unpaired) electrons. The minimum Gasteiger partial charge on any atom is -0.299 e. The molecule has 0 N–H and O–H groups in total.